The lowest BCUT2D eigenvalue weighted by Crippen LogP contribution is -2.58. The van der Waals surface area contributed by atoms with Gasteiger partial charge in [-0.15, -0.1) is 0 Å². The third-order valence-corrected chi connectivity index (χ3v) is 3.91. The average molecular weight is 246 g/mol. The summed E-state index contributed by atoms with van der Waals surface area (Å²) in [5.74, 6) is 0. The molecule has 0 spiro atoms. The molecule has 2 aliphatic heterocycles. The zero-order valence-corrected chi connectivity index (χ0v) is 9.55. The Kier molecular flexibility index (Phi) is 3.48. The number of aliphatic hydroxyl groups is 2. The first-order valence-corrected chi connectivity index (χ1v) is 5.90. The van der Waals surface area contributed by atoms with E-state index in [0.717, 1.165) is 0 Å². The Balaban J connectivity index is 2.11. The Morgan fingerprint density at radius 2 is 2.31 bits per heavy atom. The lowest BCUT2D eigenvalue weighted by atomic mass is 9.96. The minimum atomic E-state index is -1.05. The van der Waals surface area contributed by atoms with Crippen molar-refractivity contribution in [3.63, 3.8) is 0 Å². The van der Waals surface area contributed by atoms with Gasteiger partial charge in [0.2, 0.25) is 0 Å². The van der Waals surface area contributed by atoms with Crippen LogP contribution in [-0.4, -0.2) is 58.5 Å². The molecule has 0 aromatic rings. The highest BCUT2D eigenvalue weighted by molar-refractivity contribution is 8.14. The molecule has 5 atom stereocenters. The predicted octanol–water partition coefficient (Wildman–Crippen LogP) is -1.29. The second-order valence-electron chi connectivity index (χ2n) is 3.74. The van der Waals surface area contributed by atoms with Gasteiger partial charge in [0.25, 0.3) is 0 Å². The van der Waals surface area contributed by atoms with Gasteiger partial charge >= 0.3 is 0 Å². The fourth-order valence-corrected chi connectivity index (χ4v) is 2.98. The zero-order valence-electron chi connectivity index (χ0n) is 8.74. The molecule has 0 aromatic carbocycles. The van der Waals surface area contributed by atoms with Crippen molar-refractivity contribution in [3.05, 3.63) is 0 Å². The molecule has 2 saturated heterocycles. The molecule has 2 rings (SSSR count). The maximum atomic E-state index is 10.4. The molecule has 3 N–H and O–H groups in total. The Hall–Kier alpha value is -0.630. The second-order valence-corrected chi connectivity index (χ2v) is 4.83. The largest absolute Gasteiger partial charge is 0.388 e. The molecule has 0 amide bonds. The Bertz CT molecular complexity index is 312. The van der Waals surface area contributed by atoms with E-state index < -0.39 is 18.3 Å². The topological polar surface area (TPSA) is 91.2 Å². The van der Waals surface area contributed by atoms with Crippen molar-refractivity contribution in [3.8, 4) is 0 Å². The van der Waals surface area contributed by atoms with E-state index in [0.29, 0.717) is 11.5 Å². The van der Waals surface area contributed by atoms with Crippen molar-refractivity contribution >= 4 is 23.2 Å². The number of rotatable bonds is 2. The van der Waals surface area contributed by atoms with Gasteiger partial charge < -0.3 is 25.1 Å². The summed E-state index contributed by atoms with van der Waals surface area (Å²) in [5, 5.41) is 23.3. The van der Waals surface area contributed by atoms with Crippen LogP contribution in [0.25, 0.3) is 0 Å². The smallest absolute Gasteiger partial charge is 0.159 e. The van der Waals surface area contributed by atoms with Crippen LogP contribution in [0.2, 0.25) is 0 Å². The number of aliphatic imine (C=N–C) groups is 1. The minimum absolute atomic E-state index is 0.0839. The first-order chi connectivity index (χ1) is 7.67. The lowest BCUT2D eigenvalue weighted by Gasteiger charge is -2.38. The van der Waals surface area contributed by atoms with Gasteiger partial charge in [0.15, 0.2) is 5.17 Å². The maximum absolute atomic E-state index is 10.4. The summed E-state index contributed by atoms with van der Waals surface area (Å²) in [4.78, 5) is 14.4. The monoisotopic (exact) mass is 246 g/mol. The summed E-state index contributed by atoms with van der Waals surface area (Å²) < 4.78 is 5.54. The Labute approximate surface area is 97.1 Å². The molecule has 16 heavy (non-hydrogen) atoms. The number of nitrogens with zero attached hydrogens (tertiary/aromatic N) is 1. The van der Waals surface area contributed by atoms with E-state index in [2.05, 4.69) is 10.3 Å². The third kappa shape index (κ3) is 1.95. The zero-order chi connectivity index (χ0) is 11.7. The molecular weight excluding hydrogens is 232 g/mol. The van der Waals surface area contributed by atoms with Crippen molar-refractivity contribution in [2.75, 3.05) is 7.05 Å². The maximum Gasteiger partial charge on any atom is 0.159 e. The van der Waals surface area contributed by atoms with Crippen LogP contribution in [-0.2, 0) is 9.53 Å². The van der Waals surface area contributed by atoms with E-state index in [1.54, 1.807) is 7.05 Å². The number of hydrogen-bond donors (Lipinski definition) is 3. The first kappa shape index (κ1) is 11.8. The Morgan fingerprint density at radius 1 is 1.56 bits per heavy atom. The van der Waals surface area contributed by atoms with Gasteiger partial charge in [-0.2, -0.15) is 0 Å². The molecule has 6 nitrogen and oxygen atoms in total. The number of thioether (sulfide) groups is 1. The van der Waals surface area contributed by atoms with Gasteiger partial charge in [0, 0.05) is 13.5 Å². The highest BCUT2D eigenvalue weighted by Crippen LogP contribution is 2.34. The van der Waals surface area contributed by atoms with Crippen LogP contribution in [0, 0.1) is 0 Å². The van der Waals surface area contributed by atoms with Gasteiger partial charge in [-0.1, -0.05) is 11.8 Å². The quantitative estimate of drug-likeness (QED) is 0.525. The number of nitrogens with one attached hydrogen (secondary N) is 1. The van der Waals surface area contributed by atoms with Crippen molar-refractivity contribution in [2.24, 2.45) is 4.99 Å². The molecule has 2 fully saturated rings. The molecule has 90 valence electrons. The Morgan fingerprint density at radius 3 is 2.94 bits per heavy atom. The molecule has 0 saturated carbocycles. The number of fused-ring (bicyclic) bond motifs is 1. The molecule has 0 radical (unpaired) electrons. The molecule has 1 unspecified atom stereocenters. The molecule has 0 aliphatic carbocycles. The van der Waals surface area contributed by atoms with Crippen LogP contribution in [0.4, 0.5) is 0 Å². The third-order valence-electron chi connectivity index (χ3n) is 2.75. The highest BCUT2D eigenvalue weighted by atomic mass is 32.2. The predicted molar refractivity (Wildman–Crippen MR) is 59.2 cm³/mol. The van der Waals surface area contributed by atoms with E-state index in [-0.39, 0.29) is 17.9 Å². The van der Waals surface area contributed by atoms with Crippen molar-refractivity contribution in [2.45, 2.75) is 36.2 Å². The van der Waals surface area contributed by atoms with Crippen molar-refractivity contribution in [1.29, 1.82) is 0 Å². The van der Waals surface area contributed by atoms with Gasteiger partial charge in [-0.05, 0) is 0 Å². The molecule has 2 aliphatic rings. The summed E-state index contributed by atoms with van der Waals surface area (Å²) in [6.45, 7) is 0. The number of ether oxygens (including phenoxy) is 1. The number of aliphatic hydroxyl groups excluding tert-OH is 2. The van der Waals surface area contributed by atoms with Gasteiger partial charge in [0.1, 0.15) is 23.9 Å². The van der Waals surface area contributed by atoms with E-state index >= 15 is 0 Å². The highest BCUT2D eigenvalue weighted by Gasteiger charge is 2.48. The van der Waals surface area contributed by atoms with Crippen LogP contribution < -0.4 is 5.32 Å². The number of aldehydes is 1. The number of amidine groups is 1. The second kappa shape index (κ2) is 4.70. The lowest BCUT2D eigenvalue weighted by molar-refractivity contribution is -0.159. The van der Waals surface area contributed by atoms with E-state index in [1.165, 1.54) is 11.8 Å². The molecule has 2 heterocycles. The number of carbonyl (C=O) groups excluding carboxylic acids is 1. The number of hydrogen-bond acceptors (Lipinski definition) is 6. The van der Waals surface area contributed by atoms with Crippen molar-refractivity contribution in [1.82, 2.24) is 5.32 Å². The first-order valence-electron chi connectivity index (χ1n) is 5.02. The minimum Gasteiger partial charge on any atom is -0.388 e. The van der Waals surface area contributed by atoms with Crippen LogP contribution >= 0.6 is 11.8 Å². The fraction of sp³-hybridized carbons (Fsp3) is 0.778. The van der Waals surface area contributed by atoms with E-state index in [9.17, 15) is 15.0 Å². The SMILES string of the molecule is CN=C1N[C@@H]2[C@@H](O)[C@H](O)C(CC=O)O[C@@H]2S1. The molecule has 7 heteroatoms. The molecular formula is C9H14N2O4S. The average Bonchev–Trinajstić information content (AvgIpc) is 2.69. The molecule has 0 aromatic heterocycles. The van der Waals surface area contributed by atoms with E-state index in [4.69, 9.17) is 4.74 Å². The summed E-state index contributed by atoms with van der Waals surface area (Å²) in [6, 6.07) is -0.374. The summed E-state index contributed by atoms with van der Waals surface area (Å²) in [7, 11) is 1.64. The van der Waals surface area contributed by atoms with Crippen LogP contribution in [0.15, 0.2) is 4.99 Å². The fourth-order valence-electron chi connectivity index (χ4n) is 1.88. The summed E-state index contributed by atoms with van der Waals surface area (Å²) in [6.07, 6.45) is -1.87. The normalized spacial score (nSPS) is 45.2. The number of carbonyl (C=O) groups is 1. The van der Waals surface area contributed by atoms with Gasteiger partial charge in [-0.25, -0.2) is 0 Å². The van der Waals surface area contributed by atoms with Gasteiger partial charge in [-0.3, -0.25) is 4.99 Å². The van der Waals surface area contributed by atoms with Crippen LogP contribution in [0.3, 0.4) is 0 Å². The van der Waals surface area contributed by atoms with E-state index in [1.807, 2.05) is 0 Å². The van der Waals surface area contributed by atoms with Crippen LogP contribution in [0.1, 0.15) is 6.42 Å². The van der Waals surface area contributed by atoms with Gasteiger partial charge in [0.05, 0.1) is 12.1 Å². The summed E-state index contributed by atoms with van der Waals surface area (Å²) in [5.41, 5.74) is -0.304. The molecule has 0 bridgehead atoms. The summed E-state index contributed by atoms with van der Waals surface area (Å²) >= 11 is 1.36. The standard InChI is InChI=1S/C9H14N2O4S/c1-10-9-11-5-7(14)6(13)4(2-3-12)15-8(5)16-9/h3-8,13-14H,2H2,1H3,(H,10,11)/t4?,5-,6-,7-,8-/m1/s1. The van der Waals surface area contributed by atoms with Crippen LogP contribution in [0.5, 0.6) is 0 Å². The van der Waals surface area contributed by atoms with Crippen molar-refractivity contribution < 1.29 is 19.7 Å².